The summed E-state index contributed by atoms with van der Waals surface area (Å²) in [5.41, 5.74) is 1.52. The van der Waals surface area contributed by atoms with Crippen LogP contribution < -0.4 is 14.4 Å². The van der Waals surface area contributed by atoms with Gasteiger partial charge in [0.15, 0.2) is 0 Å². The maximum atomic E-state index is 13.9. The fourth-order valence-corrected chi connectivity index (χ4v) is 5.43. The summed E-state index contributed by atoms with van der Waals surface area (Å²) in [5, 5.41) is 2.85. The second-order valence-corrected chi connectivity index (χ2v) is 9.90. The summed E-state index contributed by atoms with van der Waals surface area (Å²) < 4.78 is 40.0. The van der Waals surface area contributed by atoms with Crippen molar-refractivity contribution in [1.82, 2.24) is 5.32 Å². The van der Waals surface area contributed by atoms with Crippen molar-refractivity contribution < 1.29 is 22.7 Å². The van der Waals surface area contributed by atoms with Crippen LogP contribution in [0.5, 0.6) is 5.75 Å². The molecule has 1 amide bonds. The minimum absolute atomic E-state index is 0.00257. The summed E-state index contributed by atoms with van der Waals surface area (Å²) in [6.45, 7) is 1.21. The number of nitrogens with zero attached hydrogens (tertiary/aromatic N) is 1. The number of methoxy groups -OCH3 is 1. The monoisotopic (exact) mass is 480 g/mol. The van der Waals surface area contributed by atoms with Crippen LogP contribution in [0, 0.1) is 0 Å². The maximum absolute atomic E-state index is 13.9. The summed E-state index contributed by atoms with van der Waals surface area (Å²) in [6, 6.07) is 22.4. The van der Waals surface area contributed by atoms with Gasteiger partial charge in [-0.1, -0.05) is 48.5 Å². The lowest BCUT2D eigenvalue weighted by Gasteiger charge is -2.26. The van der Waals surface area contributed by atoms with Crippen molar-refractivity contribution in [2.45, 2.75) is 30.4 Å². The Bertz CT molecular complexity index is 1220. The third kappa shape index (κ3) is 5.40. The van der Waals surface area contributed by atoms with Gasteiger partial charge in [-0.2, -0.15) is 0 Å². The van der Waals surface area contributed by atoms with Crippen LogP contribution in [0.15, 0.2) is 83.8 Å². The average molecular weight is 481 g/mol. The number of anilines is 1. The number of nitrogens with one attached hydrogen (secondary N) is 1. The molecule has 1 heterocycles. The van der Waals surface area contributed by atoms with Crippen LogP contribution in [-0.4, -0.2) is 40.7 Å². The molecule has 0 aliphatic carbocycles. The highest BCUT2D eigenvalue weighted by Gasteiger charge is 2.28. The Morgan fingerprint density at radius 1 is 1.06 bits per heavy atom. The van der Waals surface area contributed by atoms with Gasteiger partial charge in [0, 0.05) is 18.7 Å². The first-order chi connectivity index (χ1) is 16.5. The molecule has 1 saturated heterocycles. The molecule has 1 aliphatic heterocycles. The molecule has 4 rings (SSSR count). The number of amides is 1. The van der Waals surface area contributed by atoms with E-state index in [0.717, 1.165) is 18.4 Å². The van der Waals surface area contributed by atoms with Gasteiger partial charge < -0.3 is 14.8 Å². The number of benzene rings is 3. The van der Waals surface area contributed by atoms with Gasteiger partial charge in [0.05, 0.1) is 30.3 Å². The van der Waals surface area contributed by atoms with Gasteiger partial charge in [-0.3, -0.25) is 9.10 Å². The van der Waals surface area contributed by atoms with E-state index in [1.807, 2.05) is 30.3 Å². The van der Waals surface area contributed by atoms with Gasteiger partial charge in [-0.25, -0.2) is 8.42 Å². The molecule has 3 aromatic rings. The van der Waals surface area contributed by atoms with Crippen LogP contribution >= 0.6 is 0 Å². The largest absolute Gasteiger partial charge is 0.495 e. The maximum Gasteiger partial charge on any atom is 0.264 e. The third-order valence-electron chi connectivity index (χ3n) is 5.72. The molecule has 0 saturated carbocycles. The normalized spacial score (nSPS) is 15.6. The van der Waals surface area contributed by atoms with Gasteiger partial charge in [-0.15, -0.1) is 0 Å². The number of hydrogen-bond acceptors (Lipinski definition) is 5. The summed E-state index contributed by atoms with van der Waals surface area (Å²) in [4.78, 5) is 12.7. The van der Waals surface area contributed by atoms with E-state index in [9.17, 15) is 13.2 Å². The number of ether oxygens (including phenoxy) is 2. The molecule has 0 spiro atoms. The van der Waals surface area contributed by atoms with Gasteiger partial charge >= 0.3 is 0 Å². The van der Waals surface area contributed by atoms with Gasteiger partial charge in [0.25, 0.3) is 15.9 Å². The zero-order valence-electron chi connectivity index (χ0n) is 19.0. The van der Waals surface area contributed by atoms with Crippen LogP contribution in [0.2, 0.25) is 0 Å². The van der Waals surface area contributed by atoms with Crippen molar-refractivity contribution in [1.29, 1.82) is 0 Å². The third-order valence-corrected chi connectivity index (χ3v) is 7.48. The lowest BCUT2D eigenvalue weighted by Crippen LogP contribution is -2.33. The Kier molecular flexibility index (Phi) is 7.49. The van der Waals surface area contributed by atoms with E-state index in [1.165, 1.54) is 23.5 Å². The van der Waals surface area contributed by atoms with Crippen molar-refractivity contribution in [3.63, 3.8) is 0 Å². The van der Waals surface area contributed by atoms with E-state index < -0.39 is 10.0 Å². The molecular weight excluding hydrogens is 452 g/mol. The Morgan fingerprint density at radius 2 is 1.82 bits per heavy atom. The Hall–Kier alpha value is -3.36. The molecule has 34 heavy (non-hydrogen) atoms. The number of para-hydroxylation sites is 2. The van der Waals surface area contributed by atoms with Gasteiger partial charge in [0.2, 0.25) is 0 Å². The minimum atomic E-state index is -4.02. The first-order valence-electron chi connectivity index (χ1n) is 11.2. The van der Waals surface area contributed by atoms with E-state index in [2.05, 4.69) is 5.32 Å². The van der Waals surface area contributed by atoms with Crippen molar-refractivity contribution in [2.75, 3.05) is 24.6 Å². The fourth-order valence-electron chi connectivity index (χ4n) is 3.92. The molecule has 0 radical (unpaired) electrons. The van der Waals surface area contributed by atoms with Crippen molar-refractivity contribution in [3.8, 4) is 5.75 Å². The van der Waals surface area contributed by atoms with Crippen LogP contribution in [0.4, 0.5) is 5.69 Å². The number of carbonyl (C=O) groups is 1. The molecule has 1 atom stereocenters. The number of carbonyl (C=O) groups excluding carboxylic acids is 1. The highest BCUT2D eigenvalue weighted by molar-refractivity contribution is 7.92. The Labute approximate surface area is 200 Å². The Morgan fingerprint density at radius 3 is 2.56 bits per heavy atom. The predicted molar refractivity (Wildman–Crippen MR) is 131 cm³/mol. The standard InChI is InChI=1S/C26H28N2O5S/c1-32-25-15-6-5-14-24(25)28(19-20-9-3-2-4-10-20)34(30,31)23-13-7-11-21(17-23)26(29)27-18-22-12-8-16-33-22/h2-7,9-11,13-15,17,22H,8,12,16,18-19H2,1H3,(H,27,29)/t22-/m0/s1. The molecule has 0 unspecified atom stereocenters. The quantitative estimate of drug-likeness (QED) is 0.500. The van der Waals surface area contributed by atoms with E-state index in [0.29, 0.717) is 24.6 Å². The highest BCUT2D eigenvalue weighted by atomic mass is 32.2. The molecule has 0 aromatic heterocycles. The molecular formula is C26H28N2O5S. The molecule has 7 nitrogen and oxygen atoms in total. The highest BCUT2D eigenvalue weighted by Crippen LogP contribution is 2.33. The Balaban J connectivity index is 1.66. The topological polar surface area (TPSA) is 84.9 Å². The van der Waals surface area contributed by atoms with E-state index in [4.69, 9.17) is 9.47 Å². The number of hydrogen-bond donors (Lipinski definition) is 1. The van der Waals surface area contributed by atoms with Gasteiger partial charge in [-0.05, 0) is 48.7 Å². The fraction of sp³-hybridized carbons (Fsp3) is 0.269. The van der Waals surface area contributed by atoms with E-state index in [1.54, 1.807) is 36.4 Å². The molecule has 1 N–H and O–H groups in total. The first kappa shape index (κ1) is 23.8. The second-order valence-electron chi connectivity index (χ2n) is 8.04. The zero-order chi connectivity index (χ0) is 24.0. The smallest absolute Gasteiger partial charge is 0.264 e. The number of rotatable bonds is 9. The second kappa shape index (κ2) is 10.7. The predicted octanol–water partition coefficient (Wildman–Crippen LogP) is 4.00. The molecule has 0 bridgehead atoms. The van der Waals surface area contributed by atoms with E-state index >= 15 is 0 Å². The molecule has 178 valence electrons. The molecule has 8 heteroatoms. The lowest BCUT2D eigenvalue weighted by atomic mass is 10.2. The van der Waals surface area contributed by atoms with Crippen LogP contribution in [-0.2, 0) is 21.3 Å². The zero-order valence-corrected chi connectivity index (χ0v) is 19.8. The molecule has 1 fully saturated rings. The van der Waals surface area contributed by atoms with Gasteiger partial charge in [0.1, 0.15) is 5.75 Å². The van der Waals surface area contributed by atoms with Crippen LogP contribution in [0.1, 0.15) is 28.8 Å². The minimum Gasteiger partial charge on any atom is -0.495 e. The number of sulfonamides is 1. The van der Waals surface area contributed by atoms with E-state index in [-0.39, 0.29) is 29.0 Å². The molecule has 3 aromatic carbocycles. The van der Waals surface area contributed by atoms with Crippen molar-refractivity contribution >= 4 is 21.6 Å². The van der Waals surface area contributed by atoms with Crippen LogP contribution in [0.3, 0.4) is 0 Å². The lowest BCUT2D eigenvalue weighted by molar-refractivity contribution is 0.0857. The SMILES string of the molecule is COc1ccccc1N(Cc1ccccc1)S(=O)(=O)c1cccc(C(=O)NC[C@@H]2CCCO2)c1. The van der Waals surface area contributed by atoms with Crippen LogP contribution in [0.25, 0.3) is 0 Å². The first-order valence-corrected chi connectivity index (χ1v) is 12.6. The van der Waals surface area contributed by atoms with Crippen molar-refractivity contribution in [2.24, 2.45) is 0 Å². The summed E-state index contributed by atoms with van der Waals surface area (Å²) in [6.07, 6.45) is 1.89. The summed E-state index contributed by atoms with van der Waals surface area (Å²) in [5.74, 6) is 0.104. The molecule has 1 aliphatic rings. The summed E-state index contributed by atoms with van der Waals surface area (Å²) in [7, 11) is -2.52. The van der Waals surface area contributed by atoms with Crippen molar-refractivity contribution in [3.05, 3.63) is 90.0 Å². The average Bonchev–Trinajstić information content (AvgIpc) is 3.40. The summed E-state index contributed by atoms with van der Waals surface area (Å²) >= 11 is 0.